The lowest BCUT2D eigenvalue weighted by Crippen LogP contribution is -1.83. The molecular formula is C11H8F2S. The third-order valence-electron chi connectivity index (χ3n) is 1.92. The van der Waals surface area contributed by atoms with Crippen LogP contribution in [0.5, 0.6) is 0 Å². The van der Waals surface area contributed by atoms with Crippen molar-refractivity contribution in [2.24, 2.45) is 0 Å². The van der Waals surface area contributed by atoms with E-state index in [2.05, 4.69) is 0 Å². The topological polar surface area (TPSA) is 0 Å². The summed E-state index contributed by atoms with van der Waals surface area (Å²) in [5.41, 5.74) is 1.40. The highest BCUT2D eigenvalue weighted by atomic mass is 32.1. The van der Waals surface area contributed by atoms with E-state index < -0.39 is 5.82 Å². The summed E-state index contributed by atoms with van der Waals surface area (Å²) in [6.45, 7) is 1.93. The monoisotopic (exact) mass is 210 g/mol. The number of hydrogen-bond donors (Lipinski definition) is 0. The quantitative estimate of drug-likeness (QED) is 0.667. The van der Waals surface area contributed by atoms with Gasteiger partial charge in [0.05, 0.1) is 0 Å². The van der Waals surface area contributed by atoms with Crippen molar-refractivity contribution in [2.45, 2.75) is 6.92 Å². The van der Waals surface area contributed by atoms with Gasteiger partial charge in [0.25, 0.3) is 0 Å². The van der Waals surface area contributed by atoms with E-state index in [1.54, 1.807) is 0 Å². The van der Waals surface area contributed by atoms with Crippen LogP contribution in [-0.4, -0.2) is 0 Å². The maximum atomic E-state index is 13.3. The molecule has 0 radical (unpaired) electrons. The lowest BCUT2D eigenvalue weighted by Gasteiger charge is -1.99. The SMILES string of the molecule is Cc1csc(-c2cc(F)ccc2F)c1. The Bertz CT molecular complexity index is 460. The van der Waals surface area contributed by atoms with Crippen LogP contribution in [0.3, 0.4) is 0 Å². The number of aryl methyl sites for hydroxylation is 1. The van der Waals surface area contributed by atoms with Crippen molar-refractivity contribution in [1.82, 2.24) is 0 Å². The van der Waals surface area contributed by atoms with E-state index in [4.69, 9.17) is 0 Å². The molecule has 1 heterocycles. The van der Waals surface area contributed by atoms with Crippen molar-refractivity contribution >= 4 is 11.3 Å². The normalized spacial score (nSPS) is 10.5. The Balaban J connectivity index is 2.55. The molecule has 0 aliphatic carbocycles. The molecule has 0 bridgehead atoms. The molecule has 14 heavy (non-hydrogen) atoms. The zero-order valence-electron chi connectivity index (χ0n) is 7.55. The molecule has 3 heteroatoms. The molecule has 0 spiro atoms. The fourth-order valence-corrected chi connectivity index (χ4v) is 2.18. The van der Waals surface area contributed by atoms with Crippen LogP contribution >= 0.6 is 11.3 Å². The van der Waals surface area contributed by atoms with Crippen LogP contribution in [0, 0.1) is 18.6 Å². The van der Waals surface area contributed by atoms with Gasteiger partial charge in [0.15, 0.2) is 0 Å². The first-order chi connectivity index (χ1) is 6.66. The highest BCUT2D eigenvalue weighted by molar-refractivity contribution is 7.13. The van der Waals surface area contributed by atoms with Gasteiger partial charge in [0.2, 0.25) is 0 Å². The van der Waals surface area contributed by atoms with E-state index in [-0.39, 0.29) is 5.82 Å². The Morgan fingerprint density at radius 3 is 2.57 bits per heavy atom. The lowest BCUT2D eigenvalue weighted by molar-refractivity contribution is 0.603. The third-order valence-corrected chi connectivity index (χ3v) is 3.01. The summed E-state index contributed by atoms with van der Waals surface area (Å²) in [6.07, 6.45) is 0. The van der Waals surface area contributed by atoms with Crippen LogP contribution in [0.1, 0.15) is 5.56 Å². The second kappa shape index (κ2) is 3.50. The molecule has 0 nitrogen and oxygen atoms in total. The van der Waals surface area contributed by atoms with Crippen molar-refractivity contribution in [3.8, 4) is 10.4 Å². The number of benzene rings is 1. The fourth-order valence-electron chi connectivity index (χ4n) is 1.26. The lowest BCUT2D eigenvalue weighted by atomic mass is 10.1. The molecule has 0 fully saturated rings. The highest BCUT2D eigenvalue weighted by Gasteiger charge is 2.07. The molecule has 2 rings (SSSR count). The summed E-state index contributed by atoms with van der Waals surface area (Å²) >= 11 is 1.42. The van der Waals surface area contributed by atoms with Gasteiger partial charge < -0.3 is 0 Å². The van der Waals surface area contributed by atoms with Crippen LogP contribution in [-0.2, 0) is 0 Å². The van der Waals surface area contributed by atoms with Gasteiger partial charge >= 0.3 is 0 Å². The zero-order valence-corrected chi connectivity index (χ0v) is 8.37. The first-order valence-electron chi connectivity index (χ1n) is 4.17. The van der Waals surface area contributed by atoms with Crippen molar-refractivity contribution < 1.29 is 8.78 Å². The van der Waals surface area contributed by atoms with Crippen LogP contribution in [0.15, 0.2) is 29.6 Å². The minimum absolute atomic E-state index is 0.336. The van der Waals surface area contributed by atoms with Crippen LogP contribution in [0.25, 0.3) is 10.4 Å². The summed E-state index contributed by atoms with van der Waals surface area (Å²) in [6, 6.07) is 5.35. The third kappa shape index (κ3) is 1.68. The molecule has 72 valence electrons. The maximum absolute atomic E-state index is 13.3. The molecule has 0 saturated carbocycles. The van der Waals surface area contributed by atoms with Crippen molar-refractivity contribution in [1.29, 1.82) is 0 Å². The Labute approximate surface area is 84.8 Å². The fraction of sp³-hybridized carbons (Fsp3) is 0.0909. The Morgan fingerprint density at radius 1 is 1.14 bits per heavy atom. The molecule has 0 amide bonds. The van der Waals surface area contributed by atoms with Gasteiger partial charge in [-0.3, -0.25) is 0 Å². The maximum Gasteiger partial charge on any atom is 0.132 e. The number of thiophene rings is 1. The van der Waals surface area contributed by atoms with Gasteiger partial charge in [0.1, 0.15) is 11.6 Å². The molecule has 1 aromatic heterocycles. The van der Waals surface area contributed by atoms with E-state index >= 15 is 0 Å². The standard InChI is InChI=1S/C11H8F2S/c1-7-4-11(14-6-7)9-5-8(12)2-3-10(9)13/h2-6H,1H3. The number of rotatable bonds is 1. The first kappa shape index (κ1) is 9.34. The average Bonchev–Trinajstić information content (AvgIpc) is 2.56. The summed E-state index contributed by atoms with van der Waals surface area (Å²) in [7, 11) is 0. The van der Waals surface area contributed by atoms with Crippen molar-refractivity contribution in [3.05, 3.63) is 46.8 Å². The van der Waals surface area contributed by atoms with Gasteiger partial charge in [-0.2, -0.15) is 0 Å². The Kier molecular flexibility index (Phi) is 2.33. The predicted octanol–water partition coefficient (Wildman–Crippen LogP) is 4.00. The van der Waals surface area contributed by atoms with E-state index in [0.717, 1.165) is 22.6 Å². The molecule has 0 atom stereocenters. The molecular weight excluding hydrogens is 202 g/mol. The summed E-state index contributed by atoms with van der Waals surface area (Å²) in [5, 5.41) is 1.92. The van der Waals surface area contributed by atoms with E-state index in [1.165, 1.54) is 17.4 Å². The van der Waals surface area contributed by atoms with Crippen molar-refractivity contribution in [3.63, 3.8) is 0 Å². The largest absolute Gasteiger partial charge is 0.207 e. The molecule has 1 aromatic carbocycles. The summed E-state index contributed by atoms with van der Waals surface area (Å²) < 4.78 is 26.2. The molecule has 0 N–H and O–H groups in total. The van der Waals surface area contributed by atoms with E-state index in [9.17, 15) is 8.78 Å². The van der Waals surface area contributed by atoms with Crippen molar-refractivity contribution in [2.75, 3.05) is 0 Å². The molecule has 0 aliphatic rings. The Hall–Kier alpha value is -1.22. The average molecular weight is 210 g/mol. The minimum Gasteiger partial charge on any atom is -0.207 e. The molecule has 0 saturated heterocycles. The molecule has 2 aromatic rings. The van der Waals surface area contributed by atoms with Crippen LogP contribution in [0.4, 0.5) is 8.78 Å². The van der Waals surface area contributed by atoms with Crippen LogP contribution in [0.2, 0.25) is 0 Å². The number of hydrogen-bond acceptors (Lipinski definition) is 1. The predicted molar refractivity (Wildman–Crippen MR) is 54.4 cm³/mol. The first-order valence-corrected chi connectivity index (χ1v) is 5.05. The van der Waals surface area contributed by atoms with Gasteiger partial charge in [0, 0.05) is 10.4 Å². The zero-order chi connectivity index (χ0) is 10.1. The van der Waals surface area contributed by atoms with Gasteiger partial charge in [-0.15, -0.1) is 11.3 Å². The highest BCUT2D eigenvalue weighted by Crippen LogP contribution is 2.29. The number of halogens is 2. The van der Waals surface area contributed by atoms with Crippen LogP contribution < -0.4 is 0 Å². The van der Waals surface area contributed by atoms with E-state index in [1.807, 2.05) is 18.4 Å². The van der Waals surface area contributed by atoms with Gasteiger partial charge in [-0.25, -0.2) is 8.78 Å². The summed E-state index contributed by atoms with van der Waals surface area (Å²) in [4.78, 5) is 0.763. The van der Waals surface area contributed by atoms with Gasteiger partial charge in [-0.1, -0.05) is 0 Å². The summed E-state index contributed by atoms with van der Waals surface area (Å²) in [5.74, 6) is -0.791. The second-order valence-corrected chi connectivity index (χ2v) is 4.02. The van der Waals surface area contributed by atoms with Gasteiger partial charge in [-0.05, 0) is 42.1 Å². The molecule has 0 unspecified atom stereocenters. The Morgan fingerprint density at radius 2 is 1.93 bits per heavy atom. The van der Waals surface area contributed by atoms with E-state index in [0.29, 0.717) is 5.56 Å². The molecule has 0 aliphatic heterocycles. The minimum atomic E-state index is -0.410. The second-order valence-electron chi connectivity index (χ2n) is 3.11. The smallest absolute Gasteiger partial charge is 0.132 e.